The van der Waals surface area contributed by atoms with Gasteiger partial charge in [-0.25, -0.2) is 0 Å². The first kappa shape index (κ1) is 11.6. The molecule has 0 aliphatic rings. The van der Waals surface area contributed by atoms with E-state index >= 15 is 0 Å². The lowest BCUT2D eigenvalue weighted by molar-refractivity contribution is -0.112. The lowest BCUT2D eigenvalue weighted by Crippen LogP contribution is -2.07. The van der Waals surface area contributed by atoms with E-state index in [1.807, 2.05) is 6.92 Å². The minimum absolute atomic E-state index is 0.245. The lowest BCUT2D eigenvalue weighted by Gasteiger charge is -2.01. The van der Waals surface area contributed by atoms with E-state index in [-0.39, 0.29) is 5.91 Å². The van der Waals surface area contributed by atoms with E-state index in [1.54, 1.807) is 24.3 Å². The summed E-state index contributed by atoms with van der Waals surface area (Å²) < 4.78 is 4.90. The smallest absolute Gasteiger partial charge is 0.251 e. The van der Waals surface area contributed by atoms with Gasteiger partial charge in [0.25, 0.3) is 5.91 Å². The molecule has 1 amide bonds. The van der Waals surface area contributed by atoms with Gasteiger partial charge in [0.15, 0.2) is 0 Å². The van der Waals surface area contributed by atoms with Crippen LogP contribution >= 0.6 is 11.6 Å². The average molecular weight is 226 g/mol. The fourth-order valence-electron chi connectivity index (χ4n) is 0.956. The summed E-state index contributed by atoms with van der Waals surface area (Å²) in [6.07, 6.45) is 2.68. The van der Waals surface area contributed by atoms with Crippen LogP contribution in [0.2, 0.25) is 5.02 Å². The number of ether oxygens (including phenoxy) is 1. The third-order valence-electron chi connectivity index (χ3n) is 1.57. The molecule has 1 aromatic carbocycles. The minimum Gasteiger partial charge on any atom is -0.501 e. The molecule has 0 aliphatic heterocycles. The van der Waals surface area contributed by atoms with Crippen molar-refractivity contribution in [1.29, 1.82) is 0 Å². The van der Waals surface area contributed by atoms with Crippen molar-refractivity contribution in [3.63, 3.8) is 0 Å². The first-order valence-electron chi connectivity index (χ1n) is 4.57. The second-order valence-electron chi connectivity index (χ2n) is 2.76. The van der Waals surface area contributed by atoms with E-state index in [4.69, 9.17) is 16.3 Å². The fraction of sp³-hybridized carbons (Fsp3) is 0.182. The molecule has 1 aromatic rings. The quantitative estimate of drug-likeness (QED) is 0.632. The predicted octanol–water partition coefficient (Wildman–Crippen LogP) is 2.83. The van der Waals surface area contributed by atoms with Gasteiger partial charge in [-0.2, -0.15) is 0 Å². The van der Waals surface area contributed by atoms with Gasteiger partial charge < -0.3 is 10.1 Å². The molecule has 1 rings (SSSR count). The molecule has 0 aliphatic carbocycles. The second-order valence-corrected chi connectivity index (χ2v) is 3.19. The maximum absolute atomic E-state index is 11.3. The number of hydrogen-bond donors (Lipinski definition) is 1. The summed E-state index contributed by atoms with van der Waals surface area (Å²) in [5, 5.41) is 3.24. The Balaban J connectivity index is 2.51. The van der Waals surface area contributed by atoms with Gasteiger partial charge in [-0.3, -0.25) is 4.79 Å². The third kappa shape index (κ3) is 4.51. The number of benzene rings is 1. The molecule has 0 unspecified atom stereocenters. The van der Waals surface area contributed by atoms with Crippen molar-refractivity contribution in [2.75, 3.05) is 11.9 Å². The average Bonchev–Trinajstić information content (AvgIpc) is 2.18. The van der Waals surface area contributed by atoms with Crippen LogP contribution in [-0.4, -0.2) is 12.5 Å². The van der Waals surface area contributed by atoms with Crippen LogP contribution in [-0.2, 0) is 9.53 Å². The number of halogens is 1. The van der Waals surface area contributed by atoms with Gasteiger partial charge in [0.2, 0.25) is 0 Å². The number of nitrogens with one attached hydrogen (secondary N) is 1. The standard InChI is InChI=1S/C11H12ClNO2/c1-2-15-7-6-11(14)13-10-5-3-4-9(12)8-10/h3-8H,2H2,1H3,(H,13,14). The van der Waals surface area contributed by atoms with Crippen molar-refractivity contribution in [2.45, 2.75) is 6.92 Å². The molecule has 0 fully saturated rings. The van der Waals surface area contributed by atoms with Crippen molar-refractivity contribution < 1.29 is 9.53 Å². The zero-order chi connectivity index (χ0) is 11.1. The molecule has 0 radical (unpaired) electrons. The van der Waals surface area contributed by atoms with E-state index in [0.29, 0.717) is 17.3 Å². The number of carbonyl (C=O) groups is 1. The van der Waals surface area contributed by atoms with Gasteiger partial charge in [0.1, 0.15) is 0 Å². The Morgan fingerprint density at radius 3 is 3.07 bits per heavy atom. The summed E-state index contributed by atoms with van der Waals surface area (Å²) in [6.45, 7) is 2.39. The molecule has 0 heterocycles. The van der Waals surface area contributed by atoms with Crippen LogP contribution in [0.25, 0.3) is 0 Å². The first-order chi connectivity index (χ1) is 7.22. The Labute approximate surface area is 93.7 Å². The highest BCUT2D eigenvalue weighted by molar-refractivity contribution is 6.30. The van der Waals surface area contributed by atoms with E-state index in [9.17, 15) is 4.79 Å². The van der Waals surface area contributed by atoms with Crippen LogP contribution in [0, 0.1) is 0 Å². The predicted molar refractivity (Wildman–Crippen MR) is 60.8 cm³/mol. The van der Waals surface area contributed by atoms with Crippen molar-refractivity contribution in [2.24, 2.45) is 0 Å². The summed E-state index contributed by atoms with van der Waals surface area (Å²) in [5.74, 6) is -0.245. The molecular weight excluding hydrogens is 214 g/mol. The molecular formula is C11H12ClNO2. The number of carbonyl (C=O) groups excluding carboxylic acids is 1. The number of amides is 1. The molecule has 80 valence electrons. The lowest BCUT2D eigenvalue weighted by atomic mass is 10.3. The number of hydrogen-bond acceptors (Lipinski definition) is 2. The summed E-state index contributed by atoms with van der Waals surface area (Å²) >= 11 is 5.76. The molecule has 0 atom stereocenters. The van der Waals surface area contributed by atoms with E-state index < -0.39 is 0 Å². The normalized spacial score (nSPS) is 10.3. The molecule has 0 saturated carbocycles. The highest BCUT2D eigenvalue weighted by Gasteiger charge is 1.97. The van der Waals surface area contributed by atoms with Crippen LogP contribution in [0.15, 0.2) is 36.6 Å². The Hall–Kier alpha value is -1.48. The molecule has 3 nitrogen and oxygen atoms in total. The Bertz CT molecular complexity index is 363. The van der Waals surface area contributed by atoms with Crippen molar-refractivity contribution in [3.8, 4) is 0 Å². The van der Waals surface area contributed by atoms with Crippen molar-refractivity contribution >= 4 is 23.2 Å². The molecule has 15 heavy (non-hydrogen) atoms. The first-order valence-corrected chi connectivity index (χ1v) is 4.95. The van der Waals surface area contributed by atoms with Crippen LogP contribution in [0.1, 0.15) is 6.92 Å². The third-order valence-corrected chi connectivity index (χ3v) is 1.81. The zero-order valence-electron chi connectivity index (χ0n) is 8.37. The highest BCUT2D eigenvalue weighted by atomic mass is 35.5. The molecule has 0 saturated heterocycles. The minimum atomic E-state index is -0.245. The topological polar surface area (TPSA) is 38.3 Å². The summed E-state index contributed by atoms with van der Waals surface area (Å²) in [7, 11) is 0. The summed E-state index contributed by atoms with van der Waals surface area (Å²) in [4.78, 5) is 11.3. The maximum atomic E-state index is 11.3. The van der Waals surface area contributed by atoms with E-state index in [2.05, 4.69) is 5.32 Å². The van der Waals surface area contributed by atoms with Crippen LogP contribution < -0.4 is 5.32 Å². The maximum Gasteiger partial charge on any atom is 0.251 e. The van der Waals surface area contributed by atoms with E-state index in [1.165, 1.54) is 12.3 Å². The second kappa shape index (κ2) is 6.09. The van der Waals surface area contributed by atoms with Gasteiger partial charge in [-0.1, -0.05) is 17.7 Å². The summed E-state index contributed by atoms with van der Waals surface area (Å²) in [5.41, 5.74) is 0.661. The largest absolute Gasteiger partial charge is 0.501 e. The van der Waals surface area contributed by atoms with Gasteiger partial charge in [-0.05, 0) is 25.1 Å². The van der Waals surface area contributed by atoms with Gasteiger partial charge >= 0.3 is 0 Å². The Morgan fingerprint density at radius 1 is 1.60 bits per heavy atom. The monoisotopic (exact) mass is 225 g/mol. The molecule has 0 bridgehead atoms. The SMILES string of the molecule is CCOC=CC(=O)Nc1cccc(Cl)c1. The van der Waals surface area contributed by atoms with Crippen LogP contribution in [0.4, 0.5) is 5.69 Å². The van der Waals surface area contributed by atoms with Crippen LogP contribution in [0.3, 0.4) is 0 Å². The Morgan fingerprint density at radius 2 is 2.40 bits per heavy atom. The van der Waals surface area contributed by atoms with Crippen LogP contribution in [0.5, 0.6) is 0 Å². The fourth-order valence-corrected chi connectivity index (χ4v) is 1.15. The number of anilines is 1. The zero-order valence-corrected chi connectivity index (χ0v) is 9.12. The van der Waals surface area contributed by atoms with Crippen molar-refractivity contribution in [3.05, 3.63) is 41.6 Å². The Kier molecular flexibility index (Phi) is 4.71. The van der Waals surface area contributed by atoms with Gasteiger partial charge in [0, 0.05) is 16.8 Å². The van der Waals surface area contributed by atoms with Crippen molar-refractivity contribution in [1.82, 2.24) is 0 Å². The molecule has 4 heteroatoms. The van der Waals surface area contributed by atoms with Gasteiger partial charge in [-0.15, -0.1) is 0 Å². The van der Waals surface area contributed by atoms with E-state index in [0.717, 1.165) is 0 Å². The molecule has 0 aromatic heterocycles. The molecule has 0 spiro atoms. The number of rotatable bonds is 4. The van der Waals surface area contributed by atoms with Gasteiger partial charge in [0.05, 0.1) is 12.9 Å². The highest BCUT2D eigenvalue weighted by Crippen LogP contribution is 2.14. The molecule has 1 N–H and O–H groups in total. The summed E-state index contributed by atoms with van der Waals surface area (Å²) in [6, 6.07) is 6.95.